The van der Waals surface area contributed by atoms with E-state index in [2.05, 4.69) is 10.6 Å². The summed E-state index contributed by atoms with van der Waals surface area (Å²) in [5.74, 6) is -1.24. The van der Waals surface area contributed by atoms with Crippen LogP contribution < -0.4 is 10.6 Å². The number of esters is 1. The lowest BCUT2D eigenvalue weighted by Crippen LogP contribution is -2.44. The topological polar surface area (TPSA) is 105 Å². The molecule has 1 spiro atoms. The molecule has 8 nitrogen and oxygen atoms in total. The summed E-state index contributed by atoms with van der Waals surface area (Å²) in [5, 5.41) is 5.62. The van der Waals surface area contributed by atoms with Gasteiger partial charge in [-0.1, -0.05) is 60.9 Å². The Labute approximate surface area is 198 Å². The van der Waals surface area contributed by atoms with Gasteiger partial charge in [0.1, 0.15) is 5.54 Å². The summed E-state index contributed by atoms with van der Waals surface area (Å²) in [5.41, 5.74) is 1.46. The van der Waals surface area contributed by atoms with Gasteiger partial charge in [0, 0.05) is 24.2 Å². The Kier molecular flexibility index (Phi) is 6.95. The van der Waals surface area contributed by atoms with Gasteiger partial charge in [0.15, 0.2) is 0 Å². The van der Waals surface area contributed by atoms with Gasteiger partial charge in [-0.3, -0.25) is 19.3 Å². The van der Waals surface area contributed by atoms with Crippen LogP contribution in [0.2, 0.25) is 0 Å². The number of benzene rings is 2. The van der Waals surface area contributed by atoms with Crippen LogP contribution in [0.15, 0.2) is 54.6 Å². The Hall–Kier alpha value is -3.68. The average molecular weight is 464 g/mol. The van der Waals surface area contributed by atoms with Crippen molar-refractivity contribution in [3.05, 3.63) is 65.7 Å². The minimum Gasteiger partial charge on any atom is -0.447 e. The van der Waals surface area contributed by atoms with E-state index in [1.54, 1.807) is 36.4 Å². The first-order chi connectivity index (χ1) is 16.4. The number of anilines is 1. The van der Waals surface area contributed by atoms with E-state index in [1.165, 1.54) is 4.90 Å². The van der Waals surface area contributed by atoms with Gasteiger partial charge in [0.05, 0.1) is 0 Å². The summed E-state index contributed by atoms with van der Waals surface area (Å²) in [6.07, 6.45) is 2.26. The normalized spacial score (nSPS) is 17.5. The average Bonchev–Trinajstić information content (AvgIpc) is 3.39. The summed E-state index contributed by atoms with van der Waals surface area (Å²) in [6.45, 7) is 2.08. The van der Waals surface area contributed by atoms with Crippen molar-refractivity contribution in [1.29, 1.82) is 0 Å². The Balaban J connectivity index is 1.35. The molecular weight excluding hydrogens is 434 g/mol. The van der Waals surface area contributed by atoms with E-state index >= 15 is 0 Å². The zero-order valence-corrected chi connectivity index (χ0v) is 19.2. The lowest BCUT2D eigenvalue weighted by Gasteiger charge is -2.20. The van der Waals surface area contributed by atoms with Gasteiger partial charge in [-0.05, 0) is 38.3 Å². The van der Waals surface area contributed by atoms with E-state index in [4.69, 9.17) is 4.74 Å². The van der Waals surface area contributed by atoms with Gasteiger partial charge >= 0.3 is 12.0 Å². The highest BCUT2D eigenvalue weighted by atomic mass is 16.5. The van der Waals surface area contributed by atoms with Crippen molar-refractivity contribution in [2.24, 2.45) is 0 Å². The molecule has 1 saturated heterocycles. The fourth-order valence-electron chi connectivity index (χ4n) is 4.51. The Bertz CT molecular complexity index is 1060. The van der Waals surface area contributed by atoms with Crippen LogP contribution in [-0.4, -0.2) is 40.8 Å². The van der Waals surface area contributed by atoms with Crippen molar-refractivity contribution in [2.75, 3.05) is 11.9 Å². The Morgan fingerprint density at radius 1 is 1.06 bits per heavy atom. The minimum atomic E-state index is -1.12. The van der Waals surface area contributed by atoms with Gasteiger partial charge in [-0.2, -0.15) is 0 Å². The predicted molar refractivity (Wildman–Crippen MR) is 126 cm³/mol. The van der Waals surface area contributed by atoms with Gasteiger partial charge in [0.2, 0.25) is 6.10 Å². The predicted octanol–water partition coefficient (Wildman–Crippen LogP) is 3.86. The summed E-state index contributed by atoms with van der Waals surface area (Å²) in [4.78, 5) is 51.8. The largest absolute Gasteiger partial charge is 0.447 e. The third-order valence-corrected chi connectivity index (χ3v) is 6.37. The van der Waals surface area contributed by atoms with E-state index in [-0.39, 0.29) is 25.3 Å². The van der Waals surface area contributed by atoms with Crippen molar-refractivity contribution < 1.29 is 23.9 Å². The number of rotatable bonds is 8. The molecule has 4 rings (SSSR count). The number of urea groups is 1. The lowest BCUT2D eigenvalue weighted by molar-refractivity contribution is -0.155. The molecular formula is C26H29N3O5. The van der Waals surface area contributed by atoms with Crippen LogP contribution in [0.3, 0.4) is 0 Å². The number of carbonyl (C=O) groups excluding carboxylic acids is 4. The molecule has 178 valence electrons. The molecule has 2 aromatic rings. The van der Waals surface area contributed by atoms with Crippen LogP contribution in [0, 0.1) is 6.92 Å². The number of nitrogens with one attached hydrogen (secondary N) is 2. The first-order valence-electron chi connectivity index (χ1n) is 11.6. The smallest absolute Gasteiger partial charge is 0.325 e. The molecule has 34 heavy (non-hydrogen) atoms. The van der Waals surface area contributed by atoms with Gasteiger partial charge in [-0.15, -0.1) is 0 Å². The molecule has 0 bridgehead atoms. The second-order valence-corrected chi connectivity index (χ2v) is 8.92. The maximum atomic E-state index is 13.0. The fraction of sp³-hybridized carbons (Fsp3) is 0.385. The van der Waals surface area contributed by atoms with Crippen LogP contribution in [0.5, 0.6) is 0 Å². The molecule has 2 N–H and O–H groups in total. The zero-order chi connectivity index (χ0) is 24.1. The number of imide groups is 1. The number of hydrogen-bond donors (Lipinski definition) is 2. The molecule has 0 radical (unpaired) electrons. The van der Waals surface area contributed by atoms with Crippen LogP contribution in [0.1, 0.15) is 55.8 Å². The van der Waals surface area contributed by atoms with Gasteiger partial charge in [0.25, 0.3) is 11.8 Å². The lowest BCUT2D eigenvalue weighted by atomic mass is 9.98. The van der Waals surface area contributed by atoms with E-state index < -0.39 is 29.6 Å². The molecule has 1 aliphatic heterocycles. The molecule has 2 aliphatic rings. The molecule has 0 aromatic heterocycles. The molecule has 1 heterocycles. The Morgan fingerprint density at radius 3 is 2.41 bits per heavy atom. The summed E-state index contributed by atoms with van der Waals surface area (Å²) < 4.78 is 5.55. The van der Waals surface area contributed by atoms with Crippen LogP contribution >= 0.6 is 0 Å². The third kappa shape index (κ3) is 5.11. The van der Waals surface area contributed by atoms with E-state index in [0.717, 1.165) is 18.4 Å². The number of carbonyl (C=O) groups is 4. The number of ether oxygens (including phenoxy) is 1. The first-order valence-corrected chi connectivity index (χ1v) is 11.6. The van der Waals surface area contributed by atoms with Gasteiger partial charge < -0.3 is 15.4 Å². The second kappa shape index (κ2) is 10.1. The van der Waals surface area contributed by atoms with E-state index in [9.17, 15) is 19.2 Å². The zero-order valence-electron chi connectivity index (χ0n) is 19.2. The quantitative estimate of drug-likeness (QED) is 0.457. The molecule has 8 heteroatoms. The van der Waals surface area contributed by atoms with Crippen LogP contribution in [0.4, 0.5) is 10.5 Å². The number of aryl methyl sites for hydroxylation is 1. The summed E-state index contributed by atoms with van der Waals surface area (Å²) in [6, 6.07) is 15.7. The summed E-state index contributed by atoms with van der Waals surface area (Å²) in [7, 11) is 0. The molecule has 2 aromatic carbocycles. The van der Waals surface area contributed by atoms with Crippen molar-refractivity contribution in [3.63, 3.8) is 0 Å². The highest BCUT2D eigenvalue weighted by Gasteiger charge is 2.52. The number of hydrogen-bond acceptors (Lipinski definition) is 5. The number of amides is 4. The molecule has 1 aliphatic carbocycles. The third-order valence-electron chi connectivity index (χ3n) is 6.37. The van der Waals surface area contributed by atoms with Crippen molar-refractivity contribution >= 4 is 29.5 Å². The Morgan fingerprint density at radius 2 is 1.74 bits per heavy atom. The SMILES string of the molecule is Cc1ccc(NC(=O)C(OC(=O)CCCN2C(=O)NC3(CCCC3)C2=O)c2ccccc2)cc1. The maximum Gasteiger partial charge on any atom is 0.325 e. The number of nitrogens with zero attached hydrogens (tertiary/aromatic N) is 1. The monoisotopic (exact) mass is 463 g/mol. The second-order valence-electron chi connectivity index (χ2n) is 8.92. The van der Waals surface area contributed by atoms with Crippen LogP contribution in [-0.2, 0) is 19.1 Å². The maximum absolute atomic E-state index is 13.0. The standard InChI is InChI=1S/C26H29N3O5/c1-18-11-13-20(14-12-18)27-23(31)22(19-8-3-2-4-9-19)34-21(30)10-7-17-29-24(32)26(28-25(29)33)15-5-6-16-26/h2-4,8-9,11-14,22H,5-7,10,15-17H2,1H3,(H,27,31)(H,28,33). The fourth-order valence-corrected chi connectivity index (χ4v) is 4.51. The molecule has 1 atom stereocenters. The van der Waals surface area contributed by atoms with Crippen molar-refractivity contribution in [1.82, 2.24) is 10.2 Å². The molecule has 1 unspecified atom stereocenters. The molecule has 4 amide bonds. The van der Waals surface area contributed by atoms with Crippen molar-refractivity contribution in [2.45, 2.75) is 57.1 Å². The van der Waals surface area contributed by atoms with E-state index in [1.807, 2.05) is 25.1 Å². The van der Waals surface area contributed by atoms with Crippen LogP contribution in [0.25, 0.3) is 0 Å². The first kappa shape index (κ1) is 23.5. The molecule has 2 fully saturated rings. The highest BCUT2D eigenvalue weighted by Crippen LogP contribution is 2.35. The van der Waals surface area contributed by atoms with Crippen molar-refractivity contribution in [3.8, 4) is 0 Å². The van der Waals surface area contributed by atoms with E-state index in [0.29, 0.717) is 24.1 Å². The minimum absolute atomic E-state index is 0.0226. The molecule has 1 saturated carbocycles. The highest BCUT2D eigenvalue weighted by molar-refractivity contribution is 6.07. The van der Waals surface area contributed by atoms with Gasteiger partial charge in [-0.25, -0.2) is 4.79 Å². The summed E-state index contributed by atoms with van der Waals surface area (Å²) >= 11 is 0.